The lowest BCUT2D eigenvalue weighted by Crippen LogP contribution is -2.43. The van der Waals surface area contributed by atoms with E-state index in [0.29, 0.717) is 24.5 Å². The standard InChI is InChI=1S/C18H25N5O3/c1-12(2)17-21-15(22-23-17)11-19-18(26)20-14(8-9-16(24)25)10-13-6-4-3-5-7-13/h3-7,12,14H,8-11H2,1-2H3,(H,24,25)(H2,19,20,26)(H,21,22,23). The number of H-pyrrole nitrogens is 1. The number of carbonyl (C=O) groups is 2. The van der Waals surface area contributed by atoms with Gasteiger partial charge in [0.2, 0.25) is 0 Å². The minimum atomic E-state index is -0.881. The summed E-state index contributed by atoms with van der Waals surface area (Å²) in [6.07, 6.45) is 0.927. The molecular weight excluding hydrogens is 334 g/mol. The fraction of sp³-hybridized carbons (Fsp3) is 0.444. The van der Waals surface area contributed by atoms with Crippen LogP contribution in [-0.4, -0.2) is 38.3 Å². The number of hydrogen-bond acceptors (Lipinski definition) is 4. The van der Waals surface area contributed by atoms with Gasteiger partial charge in [0.1, 0.15) is 5.82 Å². The zero-order valence-electron chi connectivity index (χ0n) is 15.0. The highest BCUT2D eigenvalue weighted by molar-refractivity contribution is 5.74. The van der Waals surface area contributed by atoms with Gasteiger partial charge in [0.05, 0.1) is 6.54 Å². The Morgan fingerprint density at radius 1 is 1.23 bits per heavy atom. The van der Waals surface area contributed by atoms with Crippen molar-refractivity contribution < 1.29 is 14.7 Å². The van der Waals surface area contributed by atoms with Crippen molar-refractivity contribution in [3.63, 3.8) is 0 Å². The Hall–Kier alpha value is -2.90. The molecule has 0 saturated carbocycles. The van der Waals surface area contributed by atoms with Crippen LogP contribution in [0.25, 0.3) is 0 Å². The molecule has 4 N–H and O–H groups in total. The van der Waals surface area contributed by atoms with Gasteiger partial charge in [-0.05, 0) is 18.4 Å². The lowest BCUT2D eigenvalue weighted by molar-refractivity contribution is -0.137. The van der Waals surface area contributed by atoms with E-state index in [9.17, 15) is 9.59 Å². The molecule has 0 fully saturated rings. The lowest BCUT2D eigenvalue weighted by Gasteiger charge is -2.18. The summed E-state index contributed by atoms with van der Waals surface area (Å²) in [5.74, 6) is 0.604. The van der Waals surface area contributed by atoms with E-state index >= 15 is 0 Å². The molecule has 0 saturated heterocycles. The Morgan fingerprint density at radius 3 is 2.58 bits per heavy atom. The number of nitrogens with zero attached hydrogens (tertiary/aromatic N) is 2. The van der Waals surface area contributed by atoms with E-state index in [0.717, 1.165) is 5.56 Å². The van der Waals surface area contributed by atoms with Crippen LogP contribution in [0.1, 0.15) is 49.8 Å². The molecule has 0 aliphatic rings. The van der Waals surface area contributed by atoms with Crippen molar-refractivity contribution in [2.75, 3.05) is 0 Å². The van der Waals surface area contributed by atoms with Crippen LogP contribution in [-0.2, 0) is 17.8 Å². The molecule has 1 aromatic heterocycles. The molecule has 1 atom stereocenters. The summed E-state index contributed by atoms with van der Waals surface area (Å²) in [6.45, 7) is 4.20. The number of carboxylic acid groups (broad SMARTS) is 1. The van der Waals surface area contributed by atoms with E-state index in [2.05, 4.69) is 25.8 Å². The van der Waals surface area contributed by atoms with Crippen LogP contribution in [0.15, 0.2) is 30.3 Å². The van der Waals surface area contributed by atoms with Gasteiger partial charge < -0.3 is 15.7 Å². The largest absolute Gasteiger partial charge is 0.481 e. The molecule has 0 bridgehead atoms. The number of carboxylic acids is 1. The molecule has 0 aliphatic carbocycles. The van der Waals surface area contributed by atoms with Gasteiger partial charge in [-0.3, -0.25) is 9.89 Å². The molecule has 1 aromatic carbocycles. The number of nitrogens with one attached hydrogen (secondary N) is 3. The minimum absolute atomic E-state index is 0.00235. The Balaban J connectivity index is 1.88. The molecule has 2 amide bonds. The number of rotatable bonds is 9. The van der Waals surface area contributed by atoms with Gasteiger partial charge in [0, 0.05) is 18.4 Å². The van der Waals surface area contributed by atoms with E-state index in [1.54, 1.807) is 0 Å². The molecule has 8 heteroatoms. The summed E-state index contributed by atoms with van der Waals surface area (Å²) >= 11 is 0. The predicted octanol–water partition coefficient (Wildman–Crippen LogP) is 2.20. The van der Waals surface area contributed by atoms with Crippen molar-refractivity contribution in [3.05, 3.63) is 47.5 Å². The van der Waals surface area contributed by atoms with Crippen molar-refractivity contribution in [2.24, 2.45) is 0 Å². The normalized spacial score (nSPS) is 12.0. The van der Waals surface area contributed by atoms with Crippen molar-refractivity contribution in [2.45, 2.75) is 51.6 Å². The number of amides is 2. The second-order valence-corrected chi connectivity index (χ2v) is 6.44. The fourth-order valence-electron chi connectivity index (χ4n) is 2.47. The third-order valence-corrected chi connectivity index (χ3v) is 3.85. The number of aromatic amines is 1. The Kier molecular flexibility index (Phi) is 7.13. The van der Waals surface area contributed by atoms with Crippen molar-refractivity contribution in [1.82, 2.24) is 25.8 Å². The third kappa shape index (κ3) is 6.54. The molecule has 8 nitrogen and oxygen atoms in total. The van der Waals surface area contributed by atoms with E-state index in [1.807, 2.05) is 44.2 Å². The van der Waals surface area contributed by atoms with Crippen LogP contribution >= 0.6 is 0 Å². The van der Waals surface area contributed by atoms with Crippen LogP contribution in [0.2, 0.25) is 0 Å². The van der Waals surface area contributed by atoms with Crippen LogP contribution in [0.4, 0.5) is 4.79 Å². The van der Waals surface area contributed by atoms with Crippen molar-refractivity contribution >= 4 is 12.0 Å². The monoisotopic (exact) mass is 359 g/mol. The quantitative estimate of drug-likeness (QED) is 0.547. The summed E-state index contributed by atoms with van der Waals surface area (Å²) in [4.78, 5) is 27.3. The summed E-state index contributed by atoms with van der Waals surface area (Å²) < 4.78 is 0. The van der Waals surface area contributed by atoms with Gasteiger partial charge in [0.25, 0.3) is 0 Å². The van der Waals surface area contributed by atoms with Crippen LogP contribution in [0.5, 0.6) is 0 Å². The average molecular weight is 359 g/mol. The topological polar surface area (TPSA) is 120 Å². The molecule has 0 aliphatic heterocycles. The number of hydrogen-bond donors (Lipinski definition) is 4. The highest BCUT2D eigenvalue weighted by atomic mass is 16.4. The second-order valence-electron chi connectivity index (χ2n) is 6.44. The van der Waals surface area contributed by atoms with E-state index < -0.39 is 5.97 Å². The smallest absolute Gasteiger partial charge is 0.315 e. The lowest BCUT2D eigenvalue weighted by atomic mass is 10.0. The first-order chi connectivity index (χ1) is 12.4. The zero-order chi connectivity index (χ0) is 18.9. The molecule has 140 valence electrons. The van der Waals surface area contributed by atoms with Crippen molar-refractivity contribution in [1.29, 1.82) is 0 Å². The molecule has 26 heavy (non-hydrogen) atoms. The number of benzene rings is 1. The molecule has 1 unspecified atom stereocenters. The second kappa shape index (κ2) is 9.55. The maximum absolute atomic E-state index is 12.2. The molecule has 0 spiro atoms. The number of urea groups is 1. The fourth-order valence-corrected chi connectivity index (χ4v) is 2.47. The van der Waals surface area contributed by atoms with Crippen molar-refractivity contribution in [3.8, 4) is 0 Å². The molecule has 2 aromatic rings. The third-order valence-electron chi connectivity index (χ3n) is 3.85. The van der Waals surface area contributed by atoms with E-state index in [4.69, 9.17) is 5.11 Å². The molecular formula is C18H25N5O3. The summed E-state index contributed by atoms with van der Waals surface area (Å²) in [7, 11) is 0. The van der Waals surface area contributed by atoms with Gasteiger partial charge in [-0.25, -0.2) is 9.78 Å². The zero-order valence-corrected chi connectivity index (χ0v) is 15.0. The minimum Gasteiger partial charge on any atom is -0.481 e. The average Bonchev–Trinajstić information content (AvgIpc) is 3.08. The molecule has 1 heterocycles. The number of carbonyl (C=O) groups excluding carboxylic acids is 1. The summed E-state index contributed by atoms with van der Waals surface area (Å²) in [5, 5.41) is 21.4. The molecule has 0 radical (unpaired) electrons. The van der Waals surface area contributed by atoms with Gasteiger partial charge in [-0.1, -0.05) is 44.2 Å². The van der Waals surface area contributed by atoms with E-state index in [-0.39, 0.29) is 31.0 Å². The first kappa shape index (κ1) is 19.4. The van der Waals surface area contributed by atoms with Crippen LogP contribution in [0.3, 0.4) is 0 Å². The first-order valence-electron chi connectivity index (χ1n) is 8.65. The maximum atomic E-state index is 12.2. The van der Waals surface area contributed by atoms with Crippen LogP contribution in [0, 0.1) is 0 Å². The van der Waals surface area contributed by atoms with Gasteiger partial charge in [0.15, 0.2) is 5.82 Å². The number of aliphatic carboxylic acids is 1. The maximum Gasteiger partial charge on any atom is 0.315 e. The van der Waals surface area contributed by atoms with Gasteiger partial charge >= 0.3 is 12.0 Å². The van der Waals surface area contributed by atoms with Gasteiger partial charge in [-0.15, -0.1) is 0 Å². The highest BCUT2D eigenvalue weighted by Gasteiger charge is 2.15. The Labute approximate surface area is 152 Å². The predicted molar refractivity (Wildman–Crippen MR) is 96.6 cm³/mol. The van der Waals surface area contributed by atoms with E-state index in [1.165, 1.54) is 0 Å². The first-order valence-corrected chi connectivity index (χ1v) is 8.65. The van der Waals surface area contributed by atoms with Crippen LogP contribution < -0.4 is 10.6 Å². The van der Waals surface area contributed by atoms with Gasteiger partial charge in [-0.2, -0.15) is 5.10 Å². The summed E-state index contributed by atoms with van der Waals surface area (Å²) in [6, 6.07) is 9.02. The summed E-state index contributed by atoms with van der Waals surface area (Å²) in [5.41, 5.74) is 1.04. The Morgan fingerprint density at radius 2 is 1.96 bits per heavy atom. The highest BCUT2D eigenvalue weighted by Crippen LogP contribution is 2.09. The SMILES string of the molecule is CC(C)c1n[nH]c(CNC(=O)NC(CCC(=O)O)Cc2ccccc2)n1. The number of aromatic nitrogens is 3. The molecule has 2 rings (SSSR count). The Bertz CT molecular complexity index is 715.